The second-order valence-corrected chi connectivity index (χ2v) is 4.05. The van der Waals surface area contributed by atoms with Crippen LogP contribution in [0.2, 0.25) is 0 Å². The summed E-state index contributed by atoms with van der Waals surface area (Å²) in [7, 11) is 2.25. The molecule has 0 saturated carbocycles. The number of methoxy groups -OCH3 is 2. The molecule has 0 atom stereocenters. The second kappa shape index (κ2) is 7.67. The molecule has 0 amide bonds. The zero-order chi connectivity index (χ0) is 16.7. The maximum absolute atomic E-state index is 12.5. The number of nitrogens with zero attached hydrogens (tertiary/aromatic N) is 2. The van der Waals surface area contributed by atoms with Crippen LogP contribution in [0.25, 0.3) is 0 Å². The number of hydrogen-bond donors (Lipinski definition) is 1. The topological polar surface area (TPSA) is 121 Å². The fraction of sp³-hybridized carbons (Fsp3) is 0.214. The first-order valence-electron chi connectivity index (χ1n) is 6.07. The Kier molecular flexibility index (Phi) is 5.94. The molecule has 0 unspecified atom stereocenters. The summed E-state index contributed by atoms with van der Waals surface area (Å²) in [5, 5.41) is 0. The third-order valence-corrected chi connectivity index (χ3v) is 2.56. The van der Waals surface area contributed by atoms with Gasteiger partial charge in [0.15, 0.2) is 0 Å². The first kappa shape index (κ1) is 17.0. The smallest absolute Gasteiger partial charge is 0.338 e. The fourth-order valence-electron chi connectivity index (χ4n) is 1.58. The molecule has 0 aliphatic carbocycles. The summed E-state index contributed by atoms with van der Waals surface area (Å²) < 4.78 is 9.05. The summed E-state index contributed by atoms with van der Waals surface area (Å²) in [6.45, 7) is 1.41. The van der Waals surface area contributed by atoms with E-state index in [0.717, 1.165) is 20.3 Å². The average Bonchev–Trinajstić information content (AvgIpc) is 2.53. The first-order chi connectivity index (χ1) is 10.4. The minimum Gasteiger partial charge on any atom is -0.466 e. The van der Waals surface area contributed by atoms with Gasteiger partial charge in [-0.05, 0) is 6.92 Å². The summed E-state index contributed by atoms with van der Waals surface area (Å²) in [6, 6.07) is 0. The normalized spacial score (nSPS) is 12.2. The molecular formula is C14H15N3O5. The Morgan fingerprint density at radius 2 is 1.86 bits per heavy atom. The molecule has 116 valence electrons. The lowest BCUT2D eigenvalue weighted by Gasteiger charge is -2.11. The Bertz CT molecular complexity index is 646. The number of carbonyl (C=O) groups is 3. The number of allylic oxidation sites excluding steroid dienone is 1. The summed E-state index contributed by atoms with van der Waals surface area (Å²) >= 11 is 0. The lowest BCUT2D eigenvalue weighted by Crippen LogP contribution is -2.20. The number of carbonyl (C=O) groups excluding carboxylic acids is 3. The van der Waals surface area contributed by atoms with Gasteiger partial charge in [-0.1, -0.05) is 0 Å². The highest BCUT2D eigenvalue weighted by Crippen LogP contribution is 2.19. The van der Waals surface area contributed by atoms with Gasteiger partial charge in [-0.3, -0.25) is 9.78 Å². The molecule has 0 fully saturated rings. The zero-order valence-electron chi connectivity index (χ0n) is 12.3. The summed E-state index contributed by atoms with van der Waals surface area (Å²) in [4.78, 5) is 43.4. The van der Waals surface area contributed by atoms with Crippen molar-refractivity contribution in [1.82, 2.24) is 9.97 Å². The maximum atomic E-state index is 12.5. The van der Waals surface area contributed by atoms with Crippen LogP contribution in [0.1, 0.15) is 17.4 Å². The Labute approximate surface area is 126 Å². The van der Waals surface area contributed by atoms with E-state index in [-0.39, 0.29) is 22.5 Å². The van der Waals surface area contributed by atoms with Gasteiger partial charge in [-0.2, -0.15) is 0 Å². The highest BCUT2D eigenvalue weighted by Gasteiger charge is 2.26. The molecule has 1 rings (SSSR count). The SMILES string of the molecule is COC(=O)/C=C(C(=O)OC)\C(C(=O)c1cnccn1)=C(/C)N. The van der Waals surface area contributed by atoms with E-state index in [2.05, 4.69) is 19.4 Å². The lowest BCUT2D eigenvalue weighted by atomic mass is 9.97. The number of Topliss-reactive ketones (excluding diaryl/α,β-unsaturated/α-hetero) is 1. The van der Waals surface area contributed by atoms with Crippen LogP contribution in [-0.2, 0) is 19.1 Å². The van der Waals surface area contributed by atoms with Gasteiger partial charge in [0.2, 0.25) is 5.78 Å². The van der Waals surface area contributed by atoms with Crippen molar-refractivity contribution in [3.8, 4) is 0 Å². The molecule has 0 aromatic carbocycles. The molecule has 1 aromatic heterocycles. The van der Waals surface area contributed by atoms with Crippen LogP contribution >= 0.6 is 0 Å². The van der Waals surface area contributed by atoms with E-state index >= 15 is 0 Å². The van der Waals surface area contributed by atoms with E-state index in [1.165, 1.54) is 25.5 Å². The van der Waals surface area contributed by atoms with Gasteiger partial charge in [-0.25, -0.2) is 14.6 Å². The van der Waals surface area contributed by atoms with Crippen LogP contribution in [0.5, 0.6) is 0 Å². The van der Waals surface area contributed by atoms with Crippen LogP contribution < -0.4 is 5.73 Å². The largest absolute Gasteiger partial charge is 0.466 e. The molecule has 8 nitrogen and oxygen atoms in total. The molecule has 1 aromatic rings. The summed E-state index contributed by atoms with van der Waals surface area (Å²) in [5.41, 5.74) is 5.18. The van der Waals surface area contributed by atoms with Crippen molar-refractivity contribution in [2.75, 3.05) is 14.2 Å². The minimum atomic E-state index is -0.901. The molecule has 8 heteroatoms. The molecule has 0 bridgehead atoms. The Balaban J connectivity index is 3.42. The highest BCUT2D eigenvalue weighted by molar-refractivity contribution is 6.18. The van der Waals surface area contributed by atoms with Crippen LogP contribution in [0.4, 0.5) is 0 Å². The number of esters is 2. The Morgan fingerprint density at radius 3 is 2.32 bits per heavy atom. The van der Waals surface area contributed by atoms with Gasteiger partial charge in [-0.15, -0.1) is 0 Å². The molecule has 1 heterocycles. The number of rotatable bonds is 5. The molecule has 0 radical (unpaired) electrons. The Morgan fingerprint density at radius 1 is 1.18 bits per heavy atom. The van der Waals surface area contributed by atoms with Crippen molar-refractivity contribution >= 4 is 17.7 Å². The van der Waals surface area contributed by atoms with Crippen LogP contribution in [0.3, 0.4) is 0 Å². The van der Waals surface area contributed by atoms with E-state index in [0.29, 0.717) is 0 Å². The van der Waals surface area contributed by atoms with Crippen LogP contribution in [0, 0.1) is 0 Å². The average molecular weight is 305 g/mol. The number of ether oxygens (including phenoxy) is 2. The number of hydrogen-bond acceptors (Lipinski definition) is 8. The zero-order valence-corrected chi connectivity index (χ0v) is 12.3. The molecule has 0 aliphatic rings. The van der Waals surface area contributed by atoms with E-state index in [9.17, 15) is 14.4 Å². The van der Waals surface area contributed by atoms with Crippen LogP contribution in [-0.4, -0.2) is 41.9 Å². The summed E-state index contributed by atoms with van der Waals surface area (Å²) in [5.74, 6) is -2.39. The predicted octanol–water partition coefficient (Wildman–Crippen LogP) is 0.164. The third kappa shape index (κ3) is 3.98. The van der Waals surface area contributed by atoms with E-state index in [1.54, 1.807) is 0 Å². The van der Waals surface area contributed by atoms with E-state index in [4.69, 9.17) is 5.73 Å². The van der Waals surface area contributed by atoms with E-state index in [1.807, 2.05) is 0 Å². The standard InChI is InChI=1S/C14H15N3O5/c1-8(15)12(13(19)10-7-16-4-5-17-10)9(14(20)22-3)6-11(18)21-2/h4-7H,15H2,1-3H3/b9-6+,12-8-. The minimum absolute atomic E-state index is 0.0243. The monoisotopic (exact) mass is 305 g/mol. The summed E-state index contributed by atoms with van der Waals surface area (Å²) in [6.07, 6.45) is 4.77. The fourth-order valence-corrected chi connectivity index (χ4v) is 1.58. The van der Waals surface area contributed by atoms with E-state index < -0.39 is 17.7 Å². The maximum Gasteiger partial charge on any atom is 0.338 e. The number of nitrogens with two attached hydrogens (primary N) is 1. The molecular weight excluding hydrogens is 290 g/mol. The van der Waals surface area contributed by atoms with Gasteiger partial charge in [0, 0.05) is 24.2 Å². The molecule has 0 spiro atoms. The quantitative estimate of drug-likeness (QED) is 0.353. The van der Waals surface area contributed by atoms with Gasteiger partial charge in [0.05, 0.1) is 31.6 Å². The predicted molar refractivity (Wildman–Crippen MR) is 75.4 cm³/mol. The lowest BCUT2D eigenvalue weighted by molar-refractivity contribution is -0.138. The third-order valence-electron chi connectivity index (χ3n) is 2.56. The van der Waals surface area contributed by atoms with Gasteiger partial charge in [0.1, 0.15) is 5.69 Å². The molecule has 0 aliphatic heterocycles. The molecule has 0 saturated heterocycles. The van der Waals surface area contributed by atoms with Crippen molar-refractivity contribution in [2.24, 2.45) is 5.73 Å². The van der Waals surface area contributed by atoms with Crippen molar-refractivity contribution in [1.29, 1.82) is 0 Å². The van der Waals surface area contributed by atoms with Crippen molar-refractivity contribution < 1.29 is 23.9 Å². The number of ketones is 1. The van der Waals surface area contributed by atoms with Gasteiger partial charge in [0.25, 0.3) is 0 Å². The first-order valence-corrected chi connectivity index (χ1v) is 6.07. The van der Waals surface area contributed by atoms with Gasteiger partial charge >= 0.3 is 11.9 Å². The van der Waals surface area contributed by atoms with Crippen molar-refractivity contribution in [3.63, 3.8) is 0 Å². The van der Waals surface area contributed by atoms with Crippen LogP contribution in [0.15, 0.2) is 41.5 Å². The Hall–Kier alpha value is -3.03. The van der Waals surface area contributed by atoms with Crippen molar-refractivity contribution in [2.45, 2.75) is 6.92 Å². The number of aromatic nitrogens is 2. The van der Waals surface area contributed by atoms with Crippen molar-refractivity contribution in [3.05, 3.63) is 47.2 Å². The molecule has 22 heavy (non-hydrogen) atoms. The van der Waals surface area contributed by atoms with Gasteiger partial charge < -0.3 is 15.2 Å². The second-order valence-electron chi connectivity index (χ2n) is 4.05. The molecule has 2 N–H and O–H groups in total. The highest BCUT2D eigenvalue weighted by atomic mass is 16.5.